The minimum absolute atomic E-state index is 0.168. The second-order valence-corrected chi connectivity index (χ2v) is 7.27. The number of carbonyl (C=O) groups excluding carboxylic acids is 1. The summed E-state index contributed by atoms with van der Waals surface area (Å²) in [5, 5.41) is 8.24. The molecule has 0 atom stereocenters. The summed E-state index contributed by atoms with van der Waals surface area (Å²) in [7, 11) is 2.10. The maximum absolute atomic E-state index is 12.8. The number of amides is 1. The zero-order chi connectivity index (χ0) is 18.8. The van der Waals surface area contributed by atoms with Crippen LogP contribution in [0, 0.1) is 0 Å². The van der Waals surface area contributed by atoms with E-state index in [1.54, 1.807) is 29.1 Å². The summed E-state index contributed by atoms with van der Waals surface area (Å²) in [6, 6.07) is 12.9. The molecule has 4 rings (SSSR count). The first-order chi connectivity index (χ1) is 13.1. The summed E-state index contributed by atoms with van der Waals surface area (Å²) < 4.78 is 7.22. The van der Waals surface area contributed by atoms with E-state index in [2.05, 4.69) is 22.4 Å². The van der Waals surface area contributed by atoms with Crippen LogP contribution in [0.3, 0.4) is 0 Å². The Kier molecular flexibility index (Phi) is 5.01. The summed E-state index contributed by atoms with van der Waals surface area (Å²) in [6.45, 7) is 1.97. The molecule has 3 heterocycles. The molecule has 1 saturated heterocycles. The molecule has 2 aromatic heterocycles. The average molecular weight is 385 g/mol. The highest BCUT2D eigenvalue weighted by Crippen LogP contribution is 2.26. The Morgan fingerprint density at radius 1 is 1.22 bits per heavy atom. The molecule has 140 valence electrons. The van der Waals surface area contributed by atoms with Gasteiger partial charge in [0.1, 0.15) is 5.69 Å². The van der Waals surface area contributed by atoms with Crippen LogP contribution in [0.2, 0.25) is 5.02 Å². The molecule has 0 bridgehead atoms. The zero-order valence-electron chi connectivity index (χ0n) is 15.1. The Morgan fingerprint density at radius 2 is 2.04 bits per heavy atom. The Morgan fingerprint density at radius 3 is 2.74 bits per heavy atom. The minimum Gasteiger partial charge on any atom is -0.463 e. The number of likely N-dealkylation sites (tertiary alicyclic amines) is 1. The van der Waals surface area contributed by atoms with E-state index in [1.807, 2.05) is 24.3 Å². The van der Waals surface area contributed by atoms with Crippen molar-refractivity contribution in [2.75, 3.05) is 20.1 Å². The summed E-state index contributed by atoms with van der Waals surface area (Å²) in [6.07, 6.45) is 3.49. The summed E-state index contributed by atoms with van der Waals surface area (Å²) >= 11 is 6.13. The largest absolute Gasteiger partial charge is 0.463 e. The molecule has 0 radical (unpaired) electrons. The second kappa shape index (κ2) is 7.58. The molecule has 3 aromatic rings. The smallest absolute Gasteiger partial charge is 0.272 e. The summed E-state index contributed by atoms with van der Waals surface area (Å²) in [5.74, 6) is 0.471. The van der Waals surface area contributed by atoms with Gasteiger partial charge in [0.25, 0.3) is 5.91 Å². The second-order valence-electron chi connectivity index (χ2n) is 6.83. The van der Waals surface area contributed by atoms with Gasteiger partial charge in [0.05, 0.1) is 12.0 Å². The summed E-state index contributed by atoms with van der Waals surface area (Å²) in [4.78, 5) is 15.0. The molecular formula is C20H21ClN4O2. The van der Waals surface area contributed by atoms with E-state index in [0.717, 1.165) is 31.6 Å². The van der Waals surface area contributed by atoms with Crippen molar-refractivity contribution in [2.45, 2.75) is 18.9 Å². The molecule has 0 aliphatic carbocycles. The van der Waals surface area contributed by atoms with Crippen molar-refractivity contribution in [3.8, 4) is 17.1 Å². The van der Waals surface area contributed by atoms with Crippen LogP contribution in [0.4, 0.5) is 0 Å². The van der Waals surface area contributed by atoms with Crippen molar-refractivity contribution in [3.05, 3.63) is 59.4 Å². The number of nitrogens with zero attached hydrogens (tertiary/aromatic N) is 3. The fraction of sp³-hybridized carbons (Fsp3) is 0.300. The number of aromatic nitrogens is 2. The van der Waals surface area contributed by atoms with Crippen LogP contribution >= 0.6 is 11.6 Å². The maximum atomic E-state index is 12.8. The van der Waals surface area contributed by atoms with Crippen molar-refractivity contribution in [1.82, 2.24) is 20.0 Å². The number of hydrogen-bond acceptors (Lipinski definition) is 4. The zero-order valence-corrected chi connectivity index (χ0v) is 15.8. The number of carbonyl (C=O) groups is 1. The highest BCUT2D eigenvalue weighted by atomic mass is 35.5. The molecule has 7 heteroatoms. The fourth-order valence-corrected chi connectivity index (χ4v) is 3.49. The number of benzene rings is 1. The monoisotopic (exact) mass is 384 g/mol. The average Bonchev–Trinajstić information content (AvgIpc) is 3.33. The van der Waals surface area contributed by atoms with Crippen LogP contribution in [0.1, 0.15) is 23.3 Å². The SMILES string of the molecule is CN1CCC(NC(=O)c2cc(-c3ccco3)n(-c3cccc(Cl)c3)n2)CC1. The quantitative estimate of drug-likeness (QED) is 0.746. The van der Waals surface area contributed by atoms with Crippen molar-refractivity contribution >= 4 is 17.5 Å². The number of piperidine rings is 1. The van der Waals surface area contributed by atoms with Gasteiger partial charge in [-0.05, 0) is 63.3 Å². The first kappa shape index (κ1) is 17.8. The van der Waals surface area contributed by atoms with Gasteiger partial charge in [-0.1, -0.05) is 17.7 Å². The fourth-order valence-electron chi connectivity index (χ4n) is 3.31. The third-order valence-corrected chi connectivity index (χ3v) is 5.06. The van der Waals surface area contributed by atoms with Crippen LogP contribution in [0.15, 0.2) is 53.1 Å². The van der Waals surface area contributed by atoms with Gasteiger partial charge < -0.3 is 14.6 Å². The molecule has 1 aliphatic heterocycles. The van der Waals surface area contributed by atoms with Gasteiger partial charge in [0.2, 0.25) is 0 Å². The molecule has 1 aliphatic rings. The van der Waals surface area contributed by atoms with E-state index in [-0.39, 0.29) is 11.9 Å². The minimum atomic E-state index is -0.168. The lowest BCUT2D eigenvalue weighted by Gasteiger charge is -2.29. The van der Waals surface area contributed by atoms with Crippen LogP contribution in [0.25, 0.3) is 17.1 Å². The standard InChI is InChI=1S/C20H21ClN4O2/c1-24-9-7-15(8-10-24)22-20(26)17-13-18(19-6-3-11-27-19)25(23-17)16-5-2-4-14(21)12-16/h2-6,11-13,15H,7-10H2,1H3,(H,22,26). The number of nitrogens with one attached hydrogen (secondary N) is 1. The molecule has 1 N–H and O–H groups in total. The highest BCUT2D eigenvalue weighted by molar-refractivity contribution is 6.30. The Balaban J connectivity index is 1.64. The number of furan rings is 1. The molecule has 1 fully saturated rings. The van der Waals surface area contributed by atoms with Crippen molar-refractivity contribution in [3.63, 3.8) is 0 Å². The lowest BCUT2D eigenvalue weighted by molar-refractivity contribution is 0.0911. The molecule has 0 unspecified atom stereocenters. The van der Waals surface area contributed by atoms with Crippen LogP contribution in [-0.2, 0) is 0 Å². The molecule has 1 aromatic carbocycles. The van der Waals surface area contributed by atoms with E-state index < -0.39 is 0 Å². The number of rotatable bonds is 4. The first-order valence-electron chi connectivity index (χ1n) is 8.99. The van der Waals surface area contributed by atoms with E-state index in [4.69, 9.17) is 16.0 Å². The van der Waals surface area contributed by atoms with Gasteiger partial charge >= 0.3 is 0 Å². The van der Waals surface area contributed by atoms with E-state index in [1.165, 1.54) is 0 Å². The maximum Gasteiger partial charge on any atom is 0.272 e. The normalized spacial score (nSPS) is 15.8. The Labute approximate surface area is 162 Å². The van der Waals surface area contributed by atoms with Crippen LogP contribution in [-0.4, -0.2) is 46.8 Å². The Hall–Kier alpha value is -2.57. The molecule has 6 nitrogen and oxygen atoms in total. The van der Waals surface area contributed by atoms with Crippen LogP contribution < -0.4 is 5.32 Å². The molecule has 1 amide bonds. The molecular weight excluding hydrogens is 364 g/mol. The third-order valence-electron chi connectivity index (χ3n) is 4.82. The van der Waals surface area contributed by atoms with E-state index in [0.29, 0.717) is 22.2 Å². The van der Waals surface area contributed by atoms with Crippen LogP contribution in [0.5, 0.6) is 0 Å². The number of hydrogen-bond donors (Lipinski definition) is 1. The molecule has 27 heavy (non-hydrogen) atoms. The van der Waals surface area contributed by atoms with Gasteiger partial charge in [-0.2, -0.15) is 5.10 Å². The number of halogens is 1. The lowest BCUT2D eigenvalue weighted by Crippen LogP contribution is -2.43. The van der Waals surface area contributed by atoms with Gasteiger partial charge in [-0.25, -0.2) is 4.68 Å². The predicted molar refractivity (Wildman–Crippen MR) is 104 cm³/mol. The van der Waals surface area contributed by atoms with E-state index >= 15 is 0 Å². The van der Waals surface area contributed by atoms with Crippen molar-refractivity contribution < 1.29 is 9.21 Å². The van der Waals surface area contributed by atoms with Gasteiger partial charge in [-0.3, -0.25) is 4.79 Å². The summed E-state index contributed by atoms with van der Waals surface area (Å²) in [5.41, 5.74) is 1.84. The Bertz CT molecular complexity index is 927. The highest BCUT2D eigenvalue weighted by Gasteiger charge is 2.22. The van der Waals surface area contributed by atoms with E-state index in [9.17, 15) is 4.79 Å². The van der Waals surface area contributed by atoms with Gasteiger partial charge in [-0.15, -0.1) is 0 Å². The van der Waals surface area contributed by atoms with Gasteiger partial charge in [0, 0.05) is 17.1 Å². The third kappa shape index (κ3) is 3.91. The lowest BCUT2D eigenvalue weighted by atomic mass is 10.1. The van der Waals surface area contributed by atoms with Crippen molar-refractivity contribution in [1.29, 1.82) is 0 Å². The van der Waals surface area contributed by atoms with Crippen molar-refractivity contribution in [2.24, 2.45) is 0 Å². The topological polar surface area (TPSA) is 63.3 Å². The molecule has 0 spiro atoms. The first-order valence-corrected chi connectivity index (χ1v) is 9.37. The van der Waals surface area contributed by atoms with Gasteiger partial charge in [0.15, 0.2) is 11.5 Å². The predicted octanol–water partition coefficient (Wildman–Crippen LogP) is 3.61. The molecule has 0 saturated carbocycles.